The van der Waals surface area contributed by atoms with Gasteiger partial charge < -0.3 is 15.0 Å². The first-order chi connectivity index (χ1) is 6.59. The van der Waals surface area contributed by atoms with E-state index in [-0.39, 0.29) is 17.9 Å². The fourth-order valence-electron chi connectivity index (χ4n) is 1.41. The van der Waals surface area contributed by atoms with Gasteiger partial charge in [-0.05, 0) is 7.05 Å². The van der Waals surface area contributed by atoms with E-state index in [1.54, 1.807) is 0 Å². The van der Waals surface area contributed by atoms with Gasteiger partial charge in [0.2, 0.25) is 5.91 Å². The Labute approximate surface area is 85.6 Å². The van der Waals surface area contributed by atoms with Crippen LogP contribution in [0.2, 0.25) is 0 Å². The number of nitrogens with zero attached hydrogens (tertiary/aromatic N) is 1. The molecule has 1 saturated heterocycles. The minimum Gasteiger partial charge on any atom is -0.374 e. The van der Waals surface area contributed by atoms with E-state index in [4.69, 9.17) is 4.74 Å². The van der Waals surface area contributed by atoms with E-state index in [0.29, 0.717) is 6.54 Å². The van der Waals surface area contributed by atoms with Gasteiger partial charge in [0, 0.05) is 25.6 Å². The normalized spacial score (nSPS) is 23.9. The van der Waals surface area contributed by atoms with Gasteiger partial charge in [0.05, 0.1) is 12.7 Å². The number of carbonyl (C=O) groups is 1. The molecule has 14 heavy (non-hydrogen) atoms. The quantitative estimate of drug-likeness (QED) is 0.702. The van der Waals surface area contributed by atoms with E-state index >= 15 is 0 Å². The van der Waals surface area contributed by atoms with Crippen LogP contribution < -0.4 is 5.32 Å². The van der Waals surface area contributed by atoms with Gasteiger partial charge in [-0.2, -0.15) is 0 Å². The van der Waals surface area contributed by atoms with Crippen LogP contribution in [-0.2, 0) is 9.53 Å². The molecule has 1 aliphatic heterocycles. The third-order valence-corrected chi connectivity index (χ3v) is 2.37. The molecular formula is C10H20N2O2. The fraction of sp³-hybridized carbons (Fsp3) is 0.900. The zero-order chi connectivity index (χ0) is 10.6. The topological polar surface area (TPSA) is 41.6 Å². The summed E-state index contributed by atoms with van der Waals surface area (Å²) in [7, 11) is 2.07. The minimum absolute atomic E-state index is 0.0521. The Bertz CT molecular complexity index is 195. The second kappa shape index (κ2) is 5.32. The van der Waals surface area contributed by atoms with Crippen molar-refractivity contribution in [3.05, 3.63) is 0 Å². The van der Waals surface area contributed by atoms with Crippen molar-refractivity contribution in [2.45, 2.75) is 20.0 Å². The summed E-state index contributed by atoms with van der Waals surface area (Å²) in [6.45, 7) is 7.06. The maximum atomic E-state index is 11.3. The zero-order valence-electron chi connectivity index (χ0n) is 9.25. The third kappa shape index (κ3) is 3.64. The predicted octanol–water partition coefficient (Wildman–Crippen LogP) is 0.0892. The number of likely N-dealkylation sites (N-methyl/N-ethyl adjacent to an activating group) is 1. The molecule has 0 aromatic rings. The van der Waals surface area contributed by atoms with Crippen molar-refractivity contribution >= 4 is 5.91 Å². The number of carbonyl (C=O) groups excluding carboxylic acids is 1. The predicted molar refractivity (Wildman–Crippen MR) is 55.1 cm³/mol. The maximum Gasteiger partial charge on any atom is 0.222 e. The molecule has 4 heteroatoms. The van der Waals surface area contributed by atoms with Crippen molar-refractivity contribution in [1.29, 1.82) is 0 Å². The number of rotatable bonds is 3. The van der Waals surface area contributed by atoms with Crippen molar-refractivity contribution in [2.24, 2.45) is 5.92 Å². The van der Waals surface area contributed by atoms with Crippen molar-refractivity contribution in [2.75, 3.05) is 33.3 Å². The molecule has 1 rings (SSSR count). The molecule has 1 unspecified atom stereocenters. The summed E-state index contributed by atoms with van der Waals surface area (Å²) >= 11 is 0. The SMILES string of the molecule is CC(C)C(=O)NCC1CN(C)CCO1. The van der Waals surface area contributed by atoms with Crippen molar-refractivity contribution in [3.63, 3.8) is 0 Å². The molecule has 0 aliphatic carbocycles. The highest BCUT2D eigenvalue weighted by atomic mass is 16.5. The molecule has 1 aliphatic rings. The smallest absolute Gasteiger partial charge is 0.222 e. The average Bonchev–Trinajstić information content (AvgIpc) is 2.14. The summed E-state index contributed by atoms with van der Waals surface area (Å²) in [4.78, 5) is 13.5. The van der Waals surface area contributed by atoms with Crippen LogP contribution in [0, 0.1) is 5.92 Å². The summed E-state index contributed by atoms with van der Waals surface area (Å²) in [5.41, 5.74) is 0. The highest BCUT2D eigenvalue weighted by Crippen LogP contribution is 2.02. The monoisotopic (exact) mass is 200 g/mol. The highest BCUT2D eigenvalue weighted by molar-refractivity contribution is 5.77. The lowest BCUT2D eigenvalue weighted by molar-refractivity contribution is -0.125. The molecular weight excluding hydrogens is 180 g/mol. The average molecular weight is 200 g/mol. The van der Waals surface area contributed by atoms with Crippen molar-refractivity contribution in [1.82, 2.24) is 10.2 Å². The first kappa shape index (κ1) is 11.5. The van der Waals surface area contributed by atoms with Crippen molar-refractivity contribution in [3.8, 4) is 0 Å². The summed E-state index contributed by atoms with van der Waals surface area (Å²) in [5.74, 6) is 0.151. The number of hydrogen-bond donors (Lipinski definition) is 1. The second-order valence-electron chi connectivity index (χ2n) is 4.15. The lowest BCUT2D eigenvalue weighted by atomic mass is 10.2. The lowest BCUT2D eigenvalue weighted by Crippen LogP contribution is -2.46. The Morgan fingerprint density at radius 3 is 2.93 bits per heavy atom. The van der Waals surface area contributed by atoms with Gasteiger partial charge in [-0.3, -0.25) is 4.79 Å². The molecule has 0 spiro atoms. The molecule has 0 aromatic heterocycles. The van der Waals surface area contributed by atoms with E-state index in [9.17, 15) is 4.79 Å². The Hall–Kier alpha value is -0.610. The van der Waals surface area contributed by atoms with E-state index in [1.165, 1.54) is 0 Å². The molecule has 1 heterocycles. The highest BCUT2D eigenvalue weighted by Gasteiger charge is 2.18. The molecule has 1 amide bonds. The number of morpholine rings is 1. The van der Waals surface area contributed by atoms with Crippen LogP contribution in [-0.4, -0.2) is 50.2 Å². The number of ether oxygens (including phenoxy) is 1. The molecule has 0 saturated carbocycles. The summed E-state index contributed by atoms with van der Waals surface area (Å²) in [5, 5.41) is 2.88. The Morgan fingerprint density at radius 1 is 1.64 bits per heavy atom. The first-order valence-electron chi connectivity index (χ1n) is 5.17. The van der Waals surface area contributed by atoms with Gasteiger partial charge in [-0.25, -0.2) is 0 Å². The van der Waals surface area contributed by atoms with Crippen LogP contribution in [0.1, 0.15) is 13.8 Å². The van der Waals surface area contributed by atoms with E-state index in [2.05, 4.69) is 17.3 Å². The summed E-state index contributed by atoms with van der Waals surface area (Å²) in [6, 6.07) is 0. The van der Waals surface area contributed by atoms with Crippen LogP contribution in [0.25, 0.3) is 0 Å². The third-order valence-electron chi connectivity index (χ3n) is 2.37. The first-order valence-corrected chi connectivity index (χ1v) is 5.17. The van der Waals surface area contributed by atoms with Gasteiger partial charge in [-0.15, -0.1) is 0 Å². The second-order valence-corrected chi connectivity index (χ2v) is 4.15. The van der Waals surface area contributed by atoms with Crippen LogP contribution >= 0.6 is 0 Å². The molecule has 0 radical (unpaired) electrons. The van der Waals surface area contributed by atoms with Gasteiger partial charge in [0.15, 0.2) is 0 Å². The number of hydrogen-bond acceptors (Lipinski definition) is 3. The summed E-state index contributed by atoms with van der Waals surface area (Å²) < 4.78 is 5.52. The summed E-state index contributed by atoms with van der Waals surface area (Å²) in [6.07, 6.45) is 0.149. The van der Waals surface area contributed by atoms with Gasteiger partial charge >= 0.3 is 0 Å². The standard InChI is InChI=1S/C10H20N2O2/c1-8(2)10(13)11-6-9-7-12(3)4-5-14-9/h8-9H,4-7H2,1-3H3,(H,11,13). The largest absolute Gasteiger partial charge is 0.374 e. The van der Waals surface area contributed by atoms with E-state index < -0.39 is 0 Å². The van der Waals surface area contributed by atoms with E-state index in [0.717, 1.165) is 19.7 Å². The Balaban J connectivity index is 2.20. The molecule has 0 bridgehead atoms. The maximum absolute atomic E-state index is 11.3. The molecule has 4 nitrogen and oxygen atoms in total. The number of nitrogens with one attached hydrogen (secondary N) is 1. The van der Waals surface area contributed by atoms with Crippen LogP contribution in [0.4, 0.5) is 0 Å². The Morgan fingerprint density at radius 2 is 2.36 bits per heavy atom. The number of amides is 1. The van der Waals surface area contributed by atoms with Crippen LogP contribution in [0.15, 0.2) is 0 Å². The minimum atomic E-state index is 0.0521. The molecule has 0 aromatic carbocycles. The van der Waals surface area contributed by atoms with Crippen LogP contribution in [0.3, 0.4) is 0 Å². The zero-order valence-corrected chi connectivity index (χ0v) is 9.25. The van der Waals surface area contributed by atoms with Gasteiger partial charge in [0.25, 0.3) is 0 Å². The fourth-order valence-corrected chi connectivity index (χ4v) is 1.41. The van der Waals surface area contributed by atoms with Crippen LogP contribution in [0.5, 0.6) is 0 Å². The molecule has 1 fully saturated rings. The van der Waals surface area contributed by atoms with Gasteiger partial charge in [-0.1, -0.05) is 13.8 Å². The van der Waals surface area contributed by atoms with Gasteiger partial charge in [0.1, 0.15) is 0 Å². The molecule has 82 valence electrons. The molecule has 1 N–H and O–H groups in total. The van der Waals surface area contributed by atoms with E-state index in [1.807, 2.05) is 13.8 Å². The Kier molecular flexibility index (Phi) is 4.35. The lowest BCUT2D eigenvalue weighted by Gasteiger charge is -2.30. The van der Waals surface area contributed by atoms with Crippen molar-refractivity contribution < 1.29 is 9.53 Å². The molecule has 1 atom stereocenters.